The molecule has 1 aliphatic rings. The molecule has 0 spiro atoms. The molecule has 0 atom stereocenters. The van der Waals surface area contributed by atoms with Gasteiger partial charge in [-0.05, 0) is 63.3 Å². The molecule has 0 saturated heterocycles. The van der Waals surface area contributed by atoms with Crippen LogP contribution in [0.15, 0.2) is 24.3 Å². The molecule has 5 heteroatoms. The number of rotatable bonds is 6. The highest BCUT2D eigenvalue weighted by molar-refractivity contribution is 5.92. The Balaban J connectivity index is 1.94. The summed E-state index contributed by atoms with van der Waals surface area (Å²) in [6, 6.07) is 5.74. The Morgan fingerprint density at radius 3 is 2.58 bits per heavy atom. The van der Waals surface area contributed by atoms with E-state index in [0.29, 0.717) is 11.5 Å². The highest BCUT2D eigenvalue weighted by Crippen LogP contribution is 2.29. The number of hydrogen-bond donors (Lipinski definition) is 2. The van der Waals surface area contributed by atoms with Crippen LogP contribution >= 0.6 is 0 Å². The first-order chi connectivity index (χ1) is 11.5. The molecule has 1 aromatic rings. The molecule has 1 aromatic carbocycles. The lowest BCUT2D eigenvalue weighted by Gasteiger charge is -2.25. The van der Waals surface area contributed by atoms with Gasteiger partial charge < -0.3 is 19.9 Å². The molecule has 1 fully saturated rings. The van der Waals surface area contributed by atoms with E-state index in [9.17, 15) is 9.90 Å². The molecule has 1 amide bonds. The van der Waals surface area contributed by atoms with Crippen molar-refractivity contribution >= 4 is 12.0 Å². The molecular weight excluding hydrogens is 306 g/mol. The summed E-state index contributed by atoms with van der Waals surface area (Å²) >= 11 is 0. The zero-order valence-corrected chi connectivity index (χ0v) is 14.6. The average molecular weight is 333 g/mol. The molecule has 0 aliphatic heterocycles. The smallest absolute Gasteiger partial charge is 0.244 e. The number of carbonyl (C=O) groups is 1. The van der Waals surface area contributed by atoms with Crippen molar-refractivity contribution in [1.82, 2.24) is 5.32 Å². The first kappa shape index (κ1) is 18.3. The second-order valence-electron chi connectivity index (χ2n) is 6.42. The van der Waals surface area contributed by atoms with Gasteiger partial charge in [0.25, 0.3) is 0 Å². The molecule has 0 aromatic heterocycles. The number of amides is 1. The summed E-state index contributed by atoms with van der Waals surface area (Å²) in [5, 5.41) is 12.5. The third-order valence-electron chi connectivity index (χ3n) is 4.02. The topological polar surface area (TPSA) is 67.8 Å². The zero-order valence-electron chi connectivity index (χ0n) is 14.6. The number of ether oxygens (including phenoxy) is 2. The number of aliphatic hydroxyl groups excluding tert-OH is 1. The van der Waals surface area contributed by atoms with Crippen LogP contribution in [0.2, 0.25) is 0 Å². The predicted molar refractivity (Wildman–Crippen MR) is 94.2 cm³/mol. The largest absolute Gasteiger partial charge is 0.493 e. The Morgan fingerprint density at radius 1 is 1.25 bits per heavy atom. The molecule has 0 bridgehead atoms. The van der Waals surface area contributed by atoms with Crippen LogP contribution in [0.1, 0.15) is 45.1 Å². The van der Waals surface area contributed by atoms with Crippen LogP contribution in [0.4, 0.5) is 0 Å². The maximum absolute atomic E-state index is 12.0. The van der Waals surface area contributed by atoms with Gasteiger partial charge in [0.05, 0.1) is 19.3 Å². The summed E-state index contributed by atoms with van der Waals surface area (Å²) in [5.41, 5.74) is 0.872. The fourth-order valence-corrected chi connectivity index (χ4v) is 2.78. The van der Waals surface area contributed by atoms with Crippen LogP contribution < -0.4 is 14.8 Å². The summed E-state index contributed by atoms with van der Waals surface area (Å²) in [5.74, 6) is 1.22. The van der Waals surface area contributed by atoms with Gasteiger partial charge in [-0.2, -0.15) is 0 Å². The first-order valence-electron chi connectivity index (χ1n) is 8.49. The lowest BCUT2D eigenvalue weighted by molar-refractivity contribution is -0.117. The van der Waals surface area contributed by atoms with Crippen molar-refractivity contribution in [3.8, 4) is 11.5 Å². The van der Waals surface area contributed by atoms with Gasteiger partial charge in [0.1, 0.15) is 0 Å². The van der Waals surface area contributed by atoms with E-state index in [1.165, 1.54) is 6.08 Å². The van der Waals surface area contributed by atoms with Crippen LogP contribution in [0.3, 0.4) is 0 Å². The van der Waals surface area contributed by atoms with Crippen LogP contribution in [0, 0.1) is 0 Å². The van der Waals surface area contributed by atoms with E-state index >= 15 is 0 Å². The minimum atomic E-state index is -0.215. The second kappa shape index (κ2) is 8.73. The Kier molecular flexibility index (Phi) is 6.67. The molecule has 1 saturated carbocycles. The van der Waals surface area contributed by atoms with Gasteiger partial charge in [0.2, 0.25) is 5.91 Å². The maximum Gasteiger partial charge on any atom is 0.244 e. The van der Waals surface area contributed by atoms with E-state index in [4.69, 9.17) is 9.47 Å². The molecule has 132 valence electrons. The maximum atomic E-state index is 12.0. The molecule has 0 unspecified atom stereocenters. The van der Waals surface area contributed by atoms with Gasteiger partial charge >= 0.3 is 0 Å². The molecule has 5 nitrogen and oxygen atoms in total. The van der Waals surface area contributed by atoms with Gasteiger partial charge in [-0.1, -0.05) is 6.07 Å². The number of hydrogen-bond acceptors (Lipinski definition) is 4. The standard InChI is InChI=1S/C19H27NO4/c1-13(2)24-17-10-4-14(12-18(17)23-3)5-11-19(22)20-15-6-8-16(21)9-7-15/h4-5,10-13,15-16,21H,6-9H2,1-3H3,(H,20,22). The van der Waals surface area contributed by atoms with Crippen molar-refractivity contribution in [1.29, 1.82) is 0 Å². The lowest BCUT2D eigenvalue weighted by Crippen LogP contribution is -2.37. The van der Waals surface area contributed by atoms with Crippen LogP contribution in [0.25, 0.3) is 6.08 Å². The highest BCUT2D eigenvalue weighted by Gasteiger charge is 2.19. The molecule has 2 N–H and O–H groups in total. The molecule has 1 aliphatic carbocycles. The van der Waals surface area contributed by atoms with E-state index < -0.39 is 0 Å². The van der Waals surface area contributed by atoms with E-state index in [0.717, 1.165) is 31.2 Å². The van der Waals surface area contributed by atoms with Crippen molar-refractivity contribution in [3.05, 3.63) is 29.8 Å². The Hall–Kier alpha value is -2.01. The van der Waals surface area contributed by atoms with E-state index in [-0.39, 0.29) is 24.2 Å². The van der Waals surface area contributed by atoms with E-state index in [2.05, 4.69) is 5.32 Å². The van der Waals surface area contributed by atoms with Gasteiger partial charge in [-0.3, -0.25) is 4.79 Å². The summed E-state index contributed by atoms with van der Waals surface area (Å²) < 4.78 is 11.0. The van der Waals surface area contributed by atoms with Gasteiger partial charge in [0.15, 0.2) is 11.5 Å². The normalized spacial score (nSPS) is 21.0. The molecule has 0 heterocycles. The quantitative estimate of drug-likeness (QED) is 0.786. The third kappa shape index (κ3) is 5.57. The Labute approximate surface area is 143 Å². The second-order valence-corrected chi connectivity index (χ2v) is 6.42. The highest BCUT2D eigenvalue weighted by atomic mass is 16.5. The van der Waals surface area contributed by atoms with Crippen molar-refractivity contribution in [2.24, 2.45) is 0 Å². The summed E-state index contributed by atoms with van der Waals surface area (Å²) in [6.45, 7) is 3.92. The predicted octanol–water partition coefficient (Wildman–Crippen LogP) is 2.92. The molecular formula is C19H27NO4. The lowest BCUT2D eigenvalue weighted by atomic mass is 9.93. The molecule has 2 rings (SSSR count). The van der Waals surface area contributed by atoms with Gasteiger partial charge in [0, 0.05) is 12.1 Å². The first-order valence-corrected chi connectivity index (χ1v) is 8.49. The van der Waals surface area contributed by atoms with Crippen molar-refractivity contribution in [2.75, 3.05) is 7.11 Å². The van der Waals surface area contributed by atoms with Gasteiger partial charge in [-0.15, -0.1) is 0 Å². The summed E-state index contributed by atoms with van der Waals surface area (Å²) in [7, 11) is 1.60. The van der Waals surface area contributed by atoms with Crippen LogP contribution in [0.5, 0.6) is 11.5 Å². The van der Waals surface area contributed by atoms with E-state index in [1.807, 2.05) is 32.0 Å². The summed E-state index contributed by atoms with van der Waals surface area (Å²) in [4.78, 5) is 12.0. The summed E-state index contributed by atoms with van der Waals surface area (Å²) in [6.07, 6.45) is 6.31. The molecule has 24 heavy (non-hydrogen) atoms. The SMILES string of the molecule is COc1cc(C=CC(=O)NC2CCC(O)CC2)ccc1OC(C)C. The Bertz CT molecular complexity index is 575. The minimum Gasteiger partial charge on any atom is -0.493 e. The van der Waals surface area contributed by atoms with Crippen molar-refractivity contribution < 1.29 is 19.4 Å². The number of carbonyl (C=O) groups excluding carboxylic acids is 1. The van der Waals surface area contributed by atoms with Gasteiger partial charge in [-0.25, -0.2) is 0 Å². The number of aliphatic hydroxyl groups is 1. The van der Waals surface area contributed by atoms with Crippen molar-refractivity contribution in [2.45, 2.75) is 57.8 Å². The third-order valence-corrected chi connectivity index (χ3v) is 4.02. The monoisotopic (exact) mass is 333 g/mol. The Morgan fingerprint density at radius 2 is 1.96 bits per heavy atom. The van der Waals surface area contributed by atoms with Crippen LogP contribution in [-0.2, 0) is 4.79 Å². The van der Waals surface area contributed by atoms with Crippen molar-refractivity contribution in [3.63, 3.8) is 0 Å². The minimum absolute atomic E-state index is 0.0695. The zero-order chi connectivity index (χ0) is 17.5. The average Bonchev–Trinajstić information content (AvgIpc) is 2.55. The number of nitrogens with one attached hydrogen (secondary N) is 1. The fourth-order valence-electron chi connectivity index (χ4n) is 2.78. The number of benzene rings is 1. The molecule has 0 radical (unpaired) electrons. The van der Waals surface area contributed by atoms with E-state index in [1.54, 1.807) is 13.2 Å². The number of methoxy groups -OCH3 is 1. The fraction of sp³-hybridized carbons (Fsp3) is 0.526. The van der Waals surface area contributed by atoms with Crippen LogP contribution in [-0.4, -0.2) is 36.4 Å².